The second-order valence-electron chi connectivity index (χ2n) is 10.5. The molecule has 0 spiro atoms. The number of carbonyl (C=O) groups is 4. The molecule has 2 atom stereocenters. The van der Waals surface area contributed by atoms with Gasteiger partial charge in [0.15, 0.2) is 0 Å². The van der Waals surface area contributed by atoms with Crippen molar-refractivity contribution in [2.45, 2.75) is 105 Å². The molecule has 208 valence electrons. The van der Waals surface area contributed by atoms with Crippen LogP contribution in [0.2, 0.25) is 0 Å². The summed E-state index contributed by atoms with van der Waals surface area (Å²) in [6.45, 7) is 13.8. The molecule has 9 heteroatoms. The first-order valence-corrected chi connectivity index (χ1v) is 13.2. The van der Waals surface area contributed by atoms with Gasteiger partial charge in [0.05, 0.1) is 0 Å². The van der Waals surface area contributed by atoms with Crippen molar-refractivity contribution < 1.29 is 23.9 Å². The molecule has 9 nitrogen and oxygen atoms in total. The van der Waals surface area contributed by atoms with Crippen LogP contribution >= 0.6 is 0 Å². The molecule has 1 aromatic rings. The first kappa shape index (κ1) is 31.9. The molecule has 37 heavy (non-hydrogen) atoms. The van der Waals surface area contributed by atoms with Crippen LogP contribution in [-0.4, -0.2) is 53.4 Å². The highest BCUT2D eigenvalue weighted by Crippen LogP contribution is 2.27. The minimum atomic E-state index is -1.09. The predicted octanol–water partition coefficient (Wildman–Crippen LogP) is 4.05. The molecule has 2 unspecified atom stereocenters. The fourth-order valence-electron chi connectivity index (χ4n) is 3.88. The topological polar surface area (TPSA) is 131 Å². The van der Waals surface area contributed by atoms with Crippen LogP contribution in [0.4, 0.5) is 4.79 Å². The van der Waals surface area contributed by atoms with Crippen LogP contribution in [0.25, 0.3) is 0 Å². The van der Waals surface area contributed by atoms with E-state index >= 15 is 0 Å². The Bertz CT molecular complexity index is 926. The summed E-state index contributed by atoms with van der Waals surface area (Å²) in [6, 6.07) is 3.83. The second-order valence-corrected chi connectivity index (χ2v) is 10.5. The number of nitrogens with zero attached hydrogens (tertiary/aromatic N) is 1. The van der Waals surface area contributed by atoms with E-state index in [1.54, 1.807) is 20.8 Å². The Hall–Kier alpha value is -3.10. The first-order chi connectivity index (χ1) is 17.3. The van der Waals surface area contributed by atoms with Gasteiger partial charge in [0.25, 0.3) is 0 Å². The Kier molecular flexibility index (Phi) is 13.1. The van der Waals surface area contributed by atoms with E-state index in [0.717, 1.165) is 36.0 Å². The van der Waals surface area contributed by atoms with Crippen molar-refractivity contribution in [1.82, 2.24) is 15.5 Å². The first-order valence-electron chi connectivity index (χ1n) is 13.2. The maximum atomic E-state index is 14.0. The molecule has 1 rings (SSSR count). The number of hydrogen-bond donors (Lipinski definition) is 3. The zero-order valence-electron chi connectivity index (χ0n) is 23.6. The molecule has 0 bridgehead atoms. The number of hydrogen-bond acceptors (Lipinski definition) is 5. The van der Waals surface area contributed by atoms with Crippen molar-refractivity contribution in [3.8, 4) is 0 Å². The summed E-state index contributed by atoms with van der Waals surface area (Å²) < 4.78 is 5.36. The van der Waals surface area contributed by atoms with Gasteiger partial charge in [0.1, 0.15) is 17.7 Å². The molecule has 0 aliphatic heterocycles. The lowest BCUT2D eigenvalue weighted by Gasteiger charge is -2.35. The fourth-order valence-corrected chi connectivity index (χ4v) is 3.88. The van der Waals surface area contributed by atoms with E-state index in [0.29, 0.717) is 19.5 Å². The van der Waals surface area contributed by atoms with Crippen LogP contribution in [0.15, 0.2) is 18.2 Å². The van der Waals surface area contributed by atoms with Crippen molar-refractivity contribution in [2.24, 2.45) is 5.73 Å². The standard InChI is InChI=1S/C28H46N4O5/c1-8-10-16-30-25(34)24(21-18-19(3)12-13-20(21)4)32(17-11-9-2)26(35)22(14-15-23(29)33)31-27(36)37-28(5,6)7/h12-13,18,22,24H,8-11,14-17H2,1-7H3,(H2,29,33)(H,30,34)(H,31,36). The molecule has 4 amide bonds. The quantitative estimate of drug-likeness (QED) is 0.320. The molecule has 1 aromatic carbocycles. The van der Waals surface area contributed by atoms with Crippen LogP contribution in [0.3, 0.4) is 0 Å². The number of primary amides is 1. The van der Waals surface area contributed by atoms with E-state index in [2.05, 4.69) is 10.6 Å². The number of nitrogens with one attached hydrogen (secondary N) is 2. The smallest absolute Gasteiger partial charge is 0.408 e. The van der Waals surface area contributed by atoms with Crippen LogP contribution in [0.1, 0.15) is 95.9 Å². The van der Waals surface area contributed by atoms with Gasteiger partial charge >= 0.3 is 6.09 Å². The summed E-state index contributed by atoms with van der Waals surface area (Å²) in [5.74, 6) is -1.33. The Morgan fingerprint density at radius 2 is 1.70 bits per heavy atom. The highest BCUT2D eigenvalue weighted by atomic mass is 16.6. The molecular formula is C28H46N4O5. The lowest BCUT2D eigenvalue weighted by molar-refractivity contribution is -0.142. The highest BCUT2D eigenvalue weighted by molar-refractivity contribution is 5.92. The zero-order chi connectivity index (χ0) is 28.2. The number of amides is 4. The molecule has 0 aliphatic rings. The highest BCUT2D eigenvalue weighted by Gasteiger charge is 2.36. The predicted molar refractivity (Wildman–Crippen MR) is 145 cm³/mol. The molecule has 0 aliphatic carbocycles. The second kappa shape index (κ2) is 15.2. The minimum absolute atomic E-state index is 0.00694. The average Bonchev–Trinajstić information content (AvgIpc) is 2.79. The third kappa shape index (κ3) is 11.2. The molecule has 0 saturated heterocycles. The Morgan fingerprint density at radius 1 is 1.05 bits per heavy atom. The summed E-state index contributed by atoms with van der Waals surface area (Å²) in [5.41, 5.74) is 7.16. The van der Waals surface area contributed by atoms with Gasteiger partial charge in [-0.3, -0.25) is 14.4 Å². The summed E-state index contributed by atoms with van der Waals surface area (Å²) >= 11 is 0. The third-order valence-corrected chi connectivity index (χ3v) is 5.82. The van der Waals surface area contributed by atoms with E-state index in [-0.39, 0.29) is 18.7 Å². The maximum absolute atomic E-state index is 14.0. The monoisotopic (exact) mass is 518 g/mol. The summed E-state index contributed by atoms with van der Waals surface area (Å²) in [4.78, 5) is 53.3. The molecule has 0 heterocycles. The van der Waals surface area contributed by atoms with Gasteiger partial charge in [0.2, 0.25) is 17.7 Å². The zero-order valence-corrected chi connectivity index (χ0v) is 23.6. The summed E-state index contributed by atoms with van der Waals surface area (Å²) in [7, 11) is 0. The number of unbranched alkanes of at least 4 members (excludes halogenated alkanes) is 2. The van der Waals surface area contributed by atoms with Gasteiger partial charge in [0, 0.05) is 19.5 Å². The van der Waals surface area contributed by atoms with Gasteiger partial charge in [-0.25, -0.2) is 4.79 Å². The van der Waals surface area contributed by atoms with Crippen molar-refractivity contribution in [3.05, 3.63) is 34.9 Å². The SMILES string of the molecule is CCCCNC(=O)C(c1cc(C)ccc1C)N(CCCC)C(=O)C(CCC(N)=O)NC(=O)OC(C)(C)C. The largest absolute Gasteiger partial charge is 0.444 e. The number of rotatable bonds is 14. The number of alkyl carbamates (subject to hydrolysis) is 1. The van der Waals surface area contributed by atoms with Gasteiger partial charge in [-0.1, -0.05) is 50.5 Å². The number of nitrogens with two attached hydrogens (primary N) is 1. The Labute approximate surface area is 221 Å². The van der Waals surface area contributed by atoms with Crippen molar-refractivity contribution in [1.29, 1.82) is 0 Å². The lowest BCUT2D eigenvalue weighted by atomic mass is 9.95. The number of carbonyl (C=O) groups excluding carboxylic acids is 4. The number of aryl methyl sites for hydroxylation is 2. The van der Waals surface area contributed by atoms with E-state index in [9.17, 15) is 19.2 Å². The van der Waals surface area contributed by atoms with Crippen LogP contribution in [-0.2, 0) is 19.1 Å². The van der Waals surface area contributed by atoms with Crippen molar-refractivity contribution >= 4 is 23.8 Å². The molecule has 0 saturated carbocycles. The van der Waals surface area contributed by atoms with E-state index < -0.39 is 35.6 Å². The van der Waals surface area contributed by atoms with Crippen LogP contribution in [0, 0.1) is 13.8 Å². The lowest BCUT2D eigenvalue weighted by Crippen LogP contribution is -2.53. The van der Waals surface area contributed by atoms with Gasteiger partial charge in [-0.05, 0) is 65.0 Å². The molecule has 0 aromatic heterocycles. The fraction of sp³-hybridized carbons (Fsp3) is 0.643. The van der Waals surface area contributed by atoms with E-state index in [1.165, 1.54) is 4.90 Å². The van der Waals surface area contributed by atoms with E-state index in [4.69, 9.17) is 10.5 Å². The van der Waals surface area contributed by atoms with Crippen LogP contribution in [0.5, 0.6) is 0 Å². The van der Waals surface area contributed by atoms with Gasteiger partial charge in [-0.2, -0.15) is 0 Å². The van der Waals surface area contributed by atoms with Crippen molar-refractivity contribution in [2.75, 3.05) is 13.1 Å². The normalized spacial score (nSPS) is 12.8. The maximum Gasteiger partial charge on any atom is 0.408 e. The molecule has 0 fully saturated rings. The minimum Gasteiger partial charge on any atom is -0.444 e. The number of ether oxygens (including phenoxy) is 1. The summed E-state index contributed by atoms with van der Waals surface area (Å²) in [6.07, 6.45) is 2.30. The van der Waals surface area contributed by atoms with Gasteiger partial charge < -0.3 is 26.0 Å². The van der Waals surface area contributed by atoms with Gasteiger partial charge in [-0.15, -0.1) is 0 Å². The number of benzene rings is 1. The molecule has 4 N–H and O–H groups in total. The van der Waals surface area contributed by atoms with Crippen molar-refractivity contribution in [3.63, 3.8) is 0 Å². The average molecular weight is 519 g/mol. The molecule has 0 radical (unpaired) electrons. The Morgan fingerprint density at radius 3 is 2.27 bits per heavy atom. The molecular weight excluding hydrogens is 472 g/mol. The van der Waals surface area contributed by atoms with Crippen LogP contribution < -0.4 is 16.4 Å². The van der Waals surface area contributed by atoms with E-state index in [1.807, 2.05) is 45.9 Å². The summed E-state index contributed by atoms with van der Waals surface area (Å²) in [5, 5.41) is 5.60. The third-order valence-electron chi connectivity index (χ3n) is 5.82. The Balaban J connectivity index is 3.52.